The van der Waals surface area contributed by atoms with Crippen molar-refractivity contribution in [3.8, 4) is 0 Å². The Hall–Kier alpha value is -0.0800. The molecule has 0 bridgehead atoms. The molecule has 94 valence electrons. The highest BCUT2D eigenvalue weighted by Gasteiger charge is 2.29. The first-order valence-electron chi connectivity index (χ1n) is 7.09. The molecule has 1 aliphatic heterocycles. The van der Waals surface area contributed by atoms with Crippen molar-refractivity contribution >= 4 is 0 Å². The highest BCUT2D eigenvalue weighted by atomic mass is 16.5. The molecule has 1 N–H and O–H groups in total. The third-order valence-corrected chi connectivity index (χ3v) is 4.51. The molecule has 0 spiro atoms. The summed E-state index contributed by atoms with van der Waals surface area (Å²) < 4.78 is 5.65. The van der Waals surface area contributed by atoms with Gasteiger partial charge in [-0.3, -0.25) is 0 Å². The first kappa shape index (κ1) is 12.4. The lowest BCUT2D eigenvalue weighted by molar-refractivity contribution is 0.0297. The molecule has 1 aliphatic carbocycles. The van der Waals surface area contributed by atoms with Crippen molar-refractivity contribution in [1.82, 2.24) is 0 Å². The molecule has 2 heteroatoms. The second-order valence-corrected chi connectivity index (χ2v) is 5.63. The van der Waals surface area contributed by atoms with E-state index in [1.165, 1.54) is 38.5 Å². The smallest absolute Gasteiger partial charge is 0.0576 e. The Morgan fingerprint density at radius 2 is 2.06 bits per heavy atom. The molecule has 0 radical (unpaired) electrons. The van der Waals surface area contributed by atoms with Gasteiger partial charge in [0.2, 0.25) is 0 Å². The summed E-state index contributed by atoms with van der Waals surface area (Å²) >= 11 is 0. The zero-order valence-corrected chi connectivity index (χ0v) is 10.5. The SMILES string of the molecule is CCC1CCC(O)C(CCC2CCCO2)C1. The van der Waals surface area contributed by atoms with Gasteiger partial charge < -0.3 is 9.84 Å². The Bertz CT molecular complexity index is 199. The van der Waals surface area contributed by atoms with Crippen LogP contribution in [0.3, 0.4) is 0 Å². The molecular weight excluding hydrogens is 200 g/mol. The number of hydrogen-bond acceptors (Lipinski definition) is 2. The van der Waals surface area contributed by atoms with E-state index < -0.39 is 0 Å². The van der Waals surface area contributed by atoms with Crippen LogP contribution in [0.4, 0.5) is 0 Å². The number of rotatable bonds is 4. The standard InChI is InChI=1S/C14H26O2/c1-2-11-5-8-14(15)12(10-11)6-7-13-4-3-9-16-13/h11-15H,2-10H2,1H3. The van der Waals surface area contributed by atoms with Crippen LogP contribution in [0, 0.1) is 11.8 Å². The van der Waals surface area contributed by atoms with E-state index >= 15 is 0 Å². The summed E-state index contributed by atoms with van der Waals surface area (Å²) in [6.07, 6.45) is 10.0. The summed E-state index contributed by atoms with van der Waals surface area (Å²) in [6.45, 7) is 3.23. The van der Waals surface area contributed by atoms with Gasteiger partial charge in [-0.05, 0) is 56.8 Å². The first-order chi connectivity index (χ1) is 7.79. The molecule has 0 aromatic heterocycles. The van der Waals surface area contributed by atoms with Crippen molar-refractivity contribution in [3.63, 3.8) is 0 Å². The zero-order chi connectivity index (χ0) is 11.4. The van der Waals surface area contributed by atoms with E-state index in [1.54, 1.807) is 0 Å². The maximum Gasteiger partial charge on any atom is 0.0576 e. The lowest BCUT2D eigenvalue weighted by Gasteiger charge is -2.33. The minimum absolute atomic E-state index is 0.0378. The van der Waals surface area contributed by atoms with Gasteiger partial charge in [0.1, 0.15) is 0 Å². The normalized spacial score (nSPS) is 40.1. The third-order valence-electron chi connectivity index (χ3n) is 4.51. The van der Waals surface area contributed by atoms with Crippen LogP contribution in [0.2, 0.25) is 0 Å². The van der Waals surface area contributed by atoms with E-state index in [-0.39, 0.29) is 6.10 Å². The van der Waals surface area contributed by atoms with Gasteiger partial charge in [-0.1, -0.05) is 13.3 Å². The van der Waals surface area contributed by atoms with Crippen LogP contribution in [-0.4, -0.2) is 23.9 Å². The van der Waals surface area contributed by atoms with Gasteiger partial charge in [0, 0.05) is 6.61 Å². The molecule has 0 aromatic rings. The molecule has 1 saturated heterocycles. The number of aliphatic hydroxyl groups is 1. The highest BCUT2D eigenvalue weighted by molar-refractivity contribution is 4.80. The Balaban J connectivity index is 1.73. The molecule has 16 heavy (non-hydrogen) atoms. The van der Waals surface area contributed by atoms with E-state index in [1.807, 2.05) is 0 Å². The Morgan fingerprint density at radius 1 is 1.19 bits per heavy atom. The monoisotopic (exact) mass is 226 g/mol. The first-order valence-corrected chi connectivity index (χ1v) is 7.09. The predicted octanol–water partition coefficient (Wildman–Crippen LogP) is 3.13. The fraction of sp³-hybridized carbons (Fsp3) is 1.00. The molecule has 1 heterocycles. The van der Waals surface area contributed by atoms with Gasteiger partial charge in [-0.2, -0.15) is 0 Å². The van der Waals surface area contributed by atoms with Crippen molar-refractivity contribution in [2.24, 2.45) is 11.8 Å². The summed E-state index contributed by atoms with van der Waals surface area (Å²) in [5, 5.41) is 10.0. The van der Waals surface area contributed by atoms with Crippen molar-refractivity contribution in [3.05, 3.63) is 0 Å². The molecule has 0 aromatic carbocycles. The van der Waals surface area contributed by atoms with Crippen LogP contribution in [0.25, 0.3) is 0 Å². The van der Waals surface area contributed by atoms with Gasteiger partial charge in [-0.25, -0.2) is 0 Å². The second-order valence-electron chi connectivity index (χ2n) is 5.63. The summed E-state index contributed by atoms with van der Waals surface area (Å²) in [5.41, 5.74) is 0. The summed E-state index contributed by atoms with van der Waals surface area (Å²) in [4.78, 5) is 0. The minimum atomic E-state index is -0.0378. The number of hydrogen-bond donors (Lipinski definition) is 1. The largest absolute Gasteiger partial charge is 0.393 e. The van der Waals surface area contributed by atoms with Gasteiger partial charge in [0.15, 0.2) is 0 Å². The fourth-order valence-electron chi connectivity index (χ4n) is 3.30. The Morgan fingerprint density at radius 3 is 2.75 bits per heavy atom. The molecule has 4 atom stereocenters. The maximum atomic E-state index is 10.0. The molecule has 0 amide bonds. The molecule has 2 fully saturated rings. The Kier molecular flexibility index (Phi) is 4.66. The molecule has 4 unspecified atom stereocenters. The van der Waals surface area contributed by atoms with Gasteiger partial charge in [0.25, 0.3) is 0 Å². The van der Waals surface area contributed by atoms with Crippen LogP contribution >= 0.6 is 0 Å². The van der Waals surface area contributed by atoms with E-state index in [9.17, 15) is 5.11 Å². The lowest BCUT2D eigenvalue weighted by Crippen LogP contribution is -2.29. The summed E-state index contributed by atoms with van der Waals surface area (Å²) in [7, 11) is 0. The van der Waals surface area contributed by atoms with E-state index in [4.69, 9.17) is 4.74 Å². The van der Waals surface area contributed by atoms with Gasteiger partial charge in [-0.15, -0.1) is 0 Å². The number of ether oxygens (including phenoxy) is 1. The van der Waals surface area contributed by atoms with Crippen LogP contribution in [0.15, 0.2) is 0 Å². The van der Waals surface area contributed by atoms with Crippen molar-refractivity contribution < 1.29 is 9.84 Å². The second kappa shape index (κ2) is 6.02. The minimum Gasteiger partial charge on any atom is -0.393 e. The van der Waals surface area contributed by atoms with E-state index in [2.05, 4.69) is 6.92 Å². The predicted molar refractivity (Wildman–Crippen MR) is 65.3 cm³/mol. The Labute approximate surface area is 99.4 Å². The average Bonchev–Trinajstić information content (AvgIpc) is 2.81. The van der Waals surface area contributed by atoms with Crippen molar-refractivity contribution in [2.75, 3.05) is 6.61 Å². The van der Waals surface area contributed by atoms with Crippen LogP contribution in [0.1, 0.15) is 58.3 Å². The molecule has 2 nitrogen and oxygen atoms in total. The maximum absolute atomic E-state index is 10.0. The zero-order valence-electron chi connectivity index (χ0n) is 10.5. The molecule has 1 saturated carbocycles. The molecule has 2 aliphatic rings. The van der Waals surface area contributed by atoms with E-state index in [0.717, 1.165) is 25.4 Å². The average molecular weight is 226 g/mol. The molecular formula is C14H26O2. The van der Waals surface area contributed by atoms with Gasteiger partial charge >= 0.3 is 0 Å². The summed E-state index contributed by atoms with van der Waals surface area (Å²) in [5.74, 6) is 1.40. The highest BCUT2D eigenvalue weighted by Crippen LogP contribution is 2.34. The quantitative estimate of drug-likeness (QED) is 0.798. The third kappa shape index (κ3) is 3.21. The van der Waals surface area contributed by atoms with Crippen LogP contribution in [0.5, 0.6) is 0 Å². The topological polar surface area (TPSA) is 29.5 Å². The molecule has 2 rings (SSSR count). The van der Waals surface area contributed by atoms with Crippen molar-refractivity contribution in [1.29, 1.82) is 0 Å². The van der Waals surface area contributed by atoms with Gasteiger partial charge in [0.05, 0.1) is 12.2 Å². The summed E-state index contributed by atoms with van der Waals surface area (Å²) in [6, 6.07) is 0. The fourth-order valence-corrected chi connectivity index (χ4v) is 3.30. The van der Waals surface area contributed by atoms with Crippen molar-refractivity contribution in [2.45, 2.75) is 70.5 Å². The van der Waals surface area contributed by atoms with E-state index in [0.29, 0.717) is 12.0 Å². The van der Waals surface area contributed by atoms with Crippen LogP contribution < -0.4 is 0 Å². The lowest BCUT2D eigenvalue weighted by atomic mass is 9.76. The number of aliphatic hydroxyl groups excluding tert-OH is 1. The van der Waals surface area contributed by atoms with Crippen LogP contribution in [-0.2, 0) is 4.74 Å².